The average Bonchev–Trinajstić information content (AvgIpc) is 4.21. The van der Waals surface area contributed by atoms with Crippen molar-refractivity contribution in [1.82, 2.24) is 35.5 Å². The number of hydrogen-bond donors (Lipinski definition) is 4. The van der Waals surface area contributed by atoms with E-state index in [-0.39, 0.29) is 47.4 Å². The van der Waals surface area contributed by atoms with E-state index in [1.165, 1.54) is 14.2 Å². The van der Waals surface area contributed by atoms with Gasteiger partial charge in [-0.15, -0.1) is 0 Å². The summed E-state index contributed by atoms with van der Waals surface area (Å²) < 4.78 is 9.71. The number of likely N-dealkylation sites (tertiary alicyclic amines) is 1. The van der Waals surface area contributed by atoms with Crippen molar-refractivity contribution in [3.63, 3.8) is 0 Å². The van der Waals surface area contributed by atoms with E-state index in [9.17, 15) is 19.2 Å². The molecule has 342 valence electrons. The van der Waals surface area contributed by atoms with Crippen molar-refractivity contribution in [2.24, 2.45) is 35.5 Å². The number of Topliss-reactive ketones (excluding diaryl/α,β-unsaturated/α-hetero) is 1. The van der Waals surface area contributed by atoms with Gasteiger partial charge in [-0.05, 0) is 126 Å². The fraction of sp³-hybridized carbons (Fsp3) is 0.434. The zero-order chi connectivity index (χ0) is 46.0. The Balaban J connectivity index is 0.836. The lowest BCUT2D eigenvalue weighted by atomic mass is 9.73. The van der Waals surface area contributed by atoms with Gasteiger partial charge in [0.15, 0.2) is 5.78 Å². The molecule has 2 aromatic heterocycles. The van der Waals surface area contributed by atoms with Crippen molar-refractivity contribution < 1.29 is 28.7 Å². The van der Waals surface area contributed by atoms with E-state index in [1.54, 1.807) is 0 Å². The minimum absolute atomic E-state index is 0.00996. The molecule has 13 nitrogen and oxygen atoms in total. The van der Waals surface area contributed by atoms with Crippen LogP contribution in [0.25, 0.3) is 55.4 Å². The van der Waals surface area contributed by atoms with Crippen molar-refractivity contribution in [3.8, 4) is 33.4 Å². The van der Waals surface area contributed by atoms with Gasteiger partial charge in [0.2, 0.25) is 5.91 Å². The molecule has 4 N–H and O–H groups in total. The number of amides is 3. The molecule has 4 aliphatic rings. The number of imidazole rings is 2. The van der Waals surface area contributed by atoms with Crippen LogP contribution in [-0.4, -0.2) is 81.1 Å². The second-order valence-electron chi connectivity index (χ2n) is 19.8. The van der Waals surface area contributed by atoms with E-state index in [0.717, 1.165) is 106 Å². The SMILES string of the molecule is COC(=O)N[C@H](C(=O)C1[C@@H]2CC[C@@H](C2)[C@H]1c1nc2ccc(-c3ccc(-c4ccc(-c5ccc6nc([C@@H]7[C@H]8CC[C@H](C8)N7C(=O)[C@@H](NC(=O)OC)C(C)C)[nH]c6c5)cc4)cc3)cc2[nH]1)C(C)C. The summed E-state index contributed by atoms with van der Waals surface area (Å²) in [6, 6.07) is 28.5. The first-order valence-corrected chi connectivity index (χ1v) is 23.6. The molecule has 13 heteroatoms. The van der Waals surface area contributed by atoms with Crippen LogP contribution >= 0.6 is 0 Å². The molecule has 1 aliphatic heterocycles. The van der Waals surface area contributed by atoms with E-state index in [1.807, 2.05) is 38.7 Å². The molecule has 1 unspecified atom stereocenters. The van der Waals surface area contributed by atoms with Crippen LogP contribution in [0.15, 0.2) is 84.9 Å². The summed E-state index contributed by atoms with van der Waals surface area (Å²) in [5.41, 5.74) is 10.2. The number of carbonyl (C=O) groups excluding carboxylic acids is 4. The largest absolute Gasteiger partial charge is 0.453 e. The van der Waals surface area contributed by atoms with Crippen LogP contribution in [0.2, 0.25) is 0 Å². The van der Waals surface area contributed by atoms with Crippen molar-refractivity contribution in [2.75, 3.05) is 14.2 Å². The Bertz CT molecular complexity index is 2620. The molecular weight excluding hydrogens is 831 g/mol. The number of carbonyl (C=O) groups is 4. The maximum absolute atomic E-state index is 14.1. The number of rotatable bonds is 12. The van der Waals surface area contributed by atoms with Gasteiger partial charge in [-0.2, -0.15) is 0 Å². The smallest absolute Gasteiger partial charge is 0.407 e. The highest BCUT2D eigenvalue weighted by Gasteiger charge is 2.54. The molecule has 0 radical (unpaired) electrons. The van der Waals surface area contributed by atoms with Crippen LogP contribution in [0.5, 0.6) is 0 Å². The Morgan fingerprint density at radius 3 is 1.61 bits per heavy atom. The second kappa shape index (κ2) is 17.4. The molecule has 0 spiro atoms. The van der Waals surface area contributed by atoms with Crippen molar-refractivity contribution in [3.05, 3.63) is 96.6 Å². The highest BCUT2D eigenvalue weighted by molar-refractivity contribution is 5.91. The summed E-state index contributed by atoms with van der Waals surface area (Å²) in [6.07, 6.45) is 4.87. The molecule has 10 rings (SSSR count). The Morgan fingerprint density at radius 2 is 1.06 bits per heavy atom. The quantitative estimate of drug-likeness (QED) is 0.0941. The molecule has 3 heterocycles. The van der Waals surface area contributed by atoms with Gasteiger partial charge in [-0.3, -0.25) is 9.59 Å². The van der Waals surface area contributed by atoms with E-state index in [2.05, 4.69) is 99.5 Å². The number of H-pyrrole nitrogens is 2. The van der Waals surface area contributed by atoms with Gasteiger partial charge in [-0.25, -0.2) is 19.6 Å². The number of methoxy groups -OCH3 is 2. The number of nitrogens with one attached hydrogen (secondary N) is 4. The fourth-order valence-corrected chi connectivity index (χ4v) is 12.0. The molecule has 6 aromatic rings. The number of aromatic nitrogens is 4. The van der Waals surface area contributed by atoms with E-state index in [0.29, 0.717) is 17.8 Å². The van der Waals surface area contributed by atoms with Crippen molar-refractivity contribution in [2.45, 2.75) is 96.3 Å². The molecule has 1 saturated heterocycles. The van der Waals surface area contributed by atoms with Crippen LogP contribution in [0.3, 0.4) is 0 Å². The first-order valence-electron chi connectivity index (χ1n) is 23.6. The number of benzene rings is 4. The molecular formula is C53H59N7O6. The molecule has 4 fully saturated rings. The number of ketones is 1. The summed E-state index contributed by atoms with van der Waals surface area (Å²) in [6.45, 7) is 7.80. The van der Waals surface area contributed by atoms with Gasteiger partial charge >= 0.3 is 12.2 Å². The van der Waals surface area contributed by atoms with Gasteiger partial charge in [0.1, 0.15) is 17.7 Å². The monoisotopic (exact) mass is 889 g/mol. The van der Waals surface area contributed by atoms with Crippen LogP contribution in [0, 0.1) is 35.5 Å². The molecule has 9 atom stereocenters. The zero-order valence-corrected chi connectivity index (χ0v) is 38.5. The van der Waals surface area contributed by atoms with Crippen molar-refractivity contribution in [1.29, 1.82) is 0 Å². The van der Waals surface area contributed by atoms with Crippen LogP contribution in [0.4, 0.5) is 9.59 Å². The van der Waals surface area contributed by atoms with Crippen LogP contribution < -0.4 is 10.6 Å². The minimum atomic E-state index is -0.681. The Labute approximate surface area is 384 Å². The maximum Gasteiger partial charge on any atom is 0.407 e. The van der Waals surface area contributed by atoms with Crippen LogP contribution in [0.1, 0.15) is 89.8 Å². The van der Waals surface area contributed by atoms with E-state index in [4.69, 9.17) is 19.4 Å². The lowest BCUT2D eigenvalue weighted by molar-refractivity contribution is -0.139. The predicted octanol–water partition coefficient (Wildman–Crippen LogP) is 9.95. The molecule has 3 saturated carbocycles. The highest BCUT2D eigenvalue weighted by Crippen LogP contribution is 2.57. The number of ether oxygens (including phenoxy) is 2. The summed E-state index contributed by atoms with van der Waals surface area (Å²) >= 11 is 0. The summed E-state index contributed by atoms with van der Waals surface area (Å²) in [7, 11) is 2.64. The Morgan fingerprint density at radius 1 is 0.591 bits per heavy atom. The lowest BCUT2D eigenvalue weighted by Gasteiger charge is -2.37. The predicted molar refractivity (Wildman–Crippen MR) is 253 cm³/mol. The first-order chi connectivity index (χ1) is 31.9. The number of alkyl carbamates (subject to hydrolysis) is 2. The molecule has 66 heavy (non-hydrogen) atoms. The Hall–Kier alpha value is -6.50. The van der Waals surface area contributed by atoms with Gasteiger partial charge in [-0.1, -0.05) is 88.4 Å². The van der Waals surface area contributed by atoms with E-state index < -0.39 is 24.3 Å². The van der Waals surface area contributed by atoms with Gasteiger partial charge in [0, 0.05) is 17.9 Å². The summed E-state index contributed by atoms with van der Waals surface area (Å²) in [4.78, 5) is 71.8. The molecule has 4 aromatic carbocycles. The highest BCUT2D eigenvalue weighted by atomic mass is 16.5. The number of fused-ring (bicyclic) bond motifs is 6. The third-order valence-corrected chi connectivity index (χ3v) is 15.3. The maximum atomic E-state index is 14.1. The summed E-state index contributed by atoms with van der Waals surface area (Å²) in [5.74, 6) is 2.27. The number of nitrogens with zero attached hydrogens (tertiary/aromatic N) is 3. The van der Waals surface area contributed by atoms with Gasteiger partial charge < -0.3 is 35.0 Å². The van der Waals surface area contributed by atoms with Crippen molar-refractivity contribution >= 4 is 45.9 Å². The fourth-order valence-electron chi connectivity index (χ4n) is 12.0. The first kappa shape index (κ1) is 43.4. The van der Waals surface area contributed by atoms with Gasteiger partial charge in [0.25, 0.3) is 0 Å². The second-order valence-corrected chi connectivity index (χ2v) is 19.8. The number of hydrogen-bond acceptors (Lipinski definition) is 8. The molecule has 3 amide bonds. The number of aromatic amines is 2. The minimum Gasteiger partial charge on any atom is -0.453 e. The third kappa shape index (κ3) is 7.79. The molecule has 3 aliphatic carbocycles. The molecule has 4 bridgehead atoms. The van der Waals surface area contributed by atoms with E-state index >= 15 is 0 Å². The third-order valence-electron chi connectivity index (χ3n) is 15.3. The van der Waals surface area contributed by atoms with Crippen LogP contribution in [-0.2, 0) is 19.1 Å². The average molecular weight is 890 g/mol. The normalized spacial score (nSPS) is 24.1. The summed E-state index contributed by atoms with van der Waals surface area (Å²) in [5, 5.41) is 5.59. The van der Waals surface area contributed by atoms with Gasteiger partial charge in [0.05, 0.1) is 48.4 Å². The lowest BCUT2D eigenvalue weighted by Crippen LogP contribution is -2.54. The topological polar surface area (TPSA) is 171 Å². The standard InChI is InChI=1S/C53H59N7O6/c1-27(2)45(58-52(63)65-5)48(61)43-35-15-16-36(23-35)44(43)49-54-39-21-18-33(25-41(39)56-49)31-11-7-29(8-12-31)30-9-13-32(14-10-30)34-19-22-40-42(26-34)57-50(55-40)47-37-17-20-38(24-37)60(47)51(62)46(28(3)4)59-53(64)66-6/h7-14,18-19,21-22,25-28,35-38,43-47H,15-17,20,23-24H2,1-6H3,(H,54,56)(H,55,57)(H,58,63)(H,59,64)/t35-,36+,37+,38-,43?,44-,45+,46+,47+/m1/s1. The Kier molecular flexibility index (Phi) is 11.4. The number of piperidine rings is 1. The zero-order valence-electron chi connectivity index (χ0n) is 38.5.